The maximum Gasteiger partial charge on any atom is 0.416 e. The number of aryl methyl sites for hydroxylation is 1. The third-order valence-electron chi connectivity index (χ3n) is 6.14. The molecule has 0 radical (unpaired) electrons. The van der Waals surface area contributed by atoms with Gasteiger partial charge < -0.3 is 15.4 Å². The number of hydrogen-bond acceptors (Lipinski definition) is 5. The van der Waals surface area contributed by atoms with Gasteiger partial charge in [-0.15, -0.1) is 0 Å². The predicted molar refractivity (Wildman–Crippen MR) is 132 cm³/mol. The summed E-state index contributed by atoms with van der Waals surface area (Å²) in [6.07, 6.45) is -3.59. The first-order chi connectivity index (χ1) is 18.9. The molecule has 0 saturated heterocycles. The van der Waals surface area contributed by atoms with E-state index in [1.165, 1.54) is 29.2 Å². The number of benzene rings is 3. The van der Waals surface area contributed by atoms with Gasteiger partial charge in [0.2, 0.25) is 0 Å². The number of alkyl halides is 3. The first-order valence-electron chi connectivity index (χ1n) is 11.5. The summed E-state index contributed by atoms with van der Waals surface area (Å²) in [6, 6.07) is 6.60. The molecule has 2 N–H and O–H groups in total. The van der Waals surface area contributed by atoms with E-state index in [0.717, 1.165) is 12.1 Å². The molecule has 0 bridgehead atoms. The van der Waals surface area contributed by atoms with Crippen LogP contribution in [0.15, 0.2) is 54.9 Å². The molecule has 206 valence electrons. The summed E-state index contributed by atoms with van der Waals surface area (Å²) in [5, 5.41) is 9.16. The van der Waals surface area contributed by atoms with Crippen molar-refractivity contribution >= 4 is 29.1 Å². The van der Waals surface area contributed by atoms with Gasteiger partial charge in [-0.25, -0.2) is 13.8 Å². The van der Waals surface area contributed by atoms with Crippen LogP contribution in [0.2, 0.25) is 5.02 Å². The standard InChI is InChI=1S/C26H17ClF5N5O3/c1-37-21(33-11-34-37)10-40-16-8-18-22(23(36-25(18)39)17-7-14(28)2-3-19(17)27)20(9-16)35-24(38)12-4-13(26(30,31)32)6-15(29)5-12/h2-9,11,23H,10H2,1H3,(H,35,38)(H,36,39). The number of amides is 2. The second-order valence-corrected chi connectivity index (χ2v) is 9.18. The number of halogens is 6. The maximum atomic E-state index is 14.1. The van der Waals surface area contributed by atoms with Crippen LogP contribution in [0.1, 0.15) is 49.3 Å². The zero-order valence-electron chi connectivity index (χ0n) is 20.3. The smallest absolute Gasteiger partial charge is 0.416 e. The Bertz CT molecular complexity index is 1660. The van der Waals surface area contributed by atoms with Crippen molar-refractivity contribution in [1.82, 2.24) is 20.1 Å². The van der Waals surface area contributed by atoms with Crippen LogP contribution >= 0.6 is 11.6 Å². The molecule has 3 aromatic carbocycles. The largest absolute Gasteiger partial charge is 0.486 e. The van der Waals surface area contributed by atoms with Crippen LogP contribution < -0.4 is 15.4 Å². The maximum absolute atomic E-state index is 14.1. The van der Waals surface area contributed by atoms with Gasteiger partial charge in [0.1, 0.15) is 30.3 Å². The quantitative estimate of drug-likeness (QED) is 0.298. The first-order valence-corrected chi connectivity index (χ1v) is 11.9. The molecule has 0 fully saturated rings. The van der Waals surface area contributed by atoms with Crippen molar-refractivity contribution in [2.75, 3.05) is 5.32 Å². The zero-order chi connectivity index (χ0) is 28.8. The molecule has 2 heterocycles. The fourth-order valence-electron chi connectivity index (χ4n) is 4.24. The Morgan fingerprint density at radius 1 is 1.12 bits per heavy atom. The highest BCUT2D eigenvalue weighted by molar-refractivity contribution is 6.31. The van der Waals surface area contributed by atoms with Crippen LogP contribution in [0.5, 0.6) is 5.75 Å². The van der Waals surface area contributed by atoms with E-state index in [1.54, 1.807) is 7.05 Å². The minimum absolute atomic E-state index is 0.0336. The first kappa shape index (κ1) is 27.1. The van der Waals surface area contributed by atoms with E-state index < -0.39 is 46.8 Å². The van der Waals surface area contributed by atoms with Gasteiger partial charge in [0.05, 0.1) is 22.9 Å². The Kier molecular flexibility index (Phi) is 6.92. The van der Waals surface area contributed by atoms with Gasteiger partial charge in [0, 0.05) is 34.8 Å². The highest BCUT2D eigenvalue weighted by atomic mass is 35.5. The average molecular weight is 578 g/mol. The van der Waals surface area contributed by atoms with Crippen LogP contribution in [0.25, 0.3) is 0 Å². The molecule has 40 heavy (non-hydrogen) atoms. The number of anilines is 1. The molecule has 0 saturated carbocycles. The molecule has 4 aromatic rings. The number of carbonyl (C=O) groups is 2. The molecule has 1 aliphatic rings. The minimum Gasteiger partial charge on any atom is -0.486 e. The number of nitrogens with one attached hydrogen (secondary N) is 2. The van der Waals surface area contributed by atoms with Crippen molar-refractivity contribution in [3.63, 3.8) is 0 Å². The van der Waals surface area contributed by atoms with Gasteiger partial charge in [-0.1, -0.05) is 11.6 Å². The van der Waals surface area contributed by atoms with Crippen molar-refractivity contribution in [3.05, 3.63) is 105 Å². The Morgan fingerprint density at radius 2 is 1.90 bits per heavy atom. The van der Waals surface area contributed by atoms with E-state index in [1.807, 2.05) is 0 Å². The number of carbonyl (C=O) groups excluding carboxylic acids is 2. The predicted octanol–water partition coefficient (Wildman–Crippen LogP) is 5.43. The molecule has 1 aromatic heterocycles. The fraction of sp³-hybridized carbons (Fsp3) is 0.154. The van der Waals surface area contributed by atoms with Crippen molar-refractivity contribution < 1.29 is 36.3 Å². The summed E-state index contributed by atoms with van der Waals surface area (Å²) in [5.41, 5.74) is -1.68. The van der Waals surface area contributed by atoms with E-state index in [0.29, 0.717) is 18.0 Å². The monoisotopic (exact) mass is 577 g/mol. The molecule has 14 heteroatoms. The highest BCUT2D eigenvalue weighted by Crippen LogP contribution is 2.42. The molecule has 0 aliphatic carbocycles. The zero-order valence-corrected chi connectivity index (χ0v) is 21.1. The van der Waals surface area contributed by atoms with Gasteiger partial charge in [-0.2, -0.15) is 18.3 Å². The minimum atomic E-state index is -4.90. The Morgan fingerprint density at radius 3 is 2.60 bits per heavy atom. The van der Waals surface area contributed by atoms with Crippen LogP contribution in [-0.2, 0) is 19.8 Å². The summed E-state index contributed by atoms with van der Waals surface area (Å²) in [5.74, 6) is -3.10. The Hall–Kier alpha value is -4.52. The molecule has 1 unspecified atom stereocenters. The topological polar surface area (TPSA) is 98.1 Å². The second-order valence-electron chi connectivity index (χ2n) is 8.77. The lowest BCUT2D eigenvalue weighted by atomic mass is 9.95. The Balaban J connectivity index is 1.58. The van der Waals surface area contributed by atoms with Gasteiger partial charge in [0.15, 0.2) is 5.82 Å². The third-order valence-corrected chi connectivity index (χ3v) is 6.48. The number of ether oxygens (including phenoxy) is 1. The summed E-state index contributed by atoms with van der Waals surface area (Å²) in [4.78, 5) is 30.1. The molecule has 1 atom stereocenters. The van der Waals surface area contributed by atoms with E-state index in [-0.39, 0.29) is 45.8 Å². The molecule has 0 spiro atoms. The van der Waals surface area contributed by atoms with Gasteiger partial charge in [-0.05, 0) is 42.5 Å². The SMILES string of the molecule is Cn1ncnc1COc1cc(NC(=O)c2cc(F)cc(C(F)(F)F)c2)c2c(c1)C(=O)NC2c1cc(F)ccc1Cl. The molecule has 1 aliphatic heterocycles. The third kappa shape index (κ3) is 5.32. The van der Waals surface area contributed by atoms with Gasteiger partial charge >= 0.3 is 6.18 Å². The molecular formula is C26H17ClF5N5O3. The summed E-state index contributed by atoms with van der Waals surface area (Å²) < 4.78 is 75.0. The van der Waals surface area contributed by atoms with Crippen molar-refractivity contribution in [1.29, 1.82) is 0 Å². The molecular weight excluding hydrogens is 561 g/mol. The number of aromatic nitrogens is 3. The number of hydrogen-bond donors (Lipinski definition) is 2. The number of fused-ring (bicyclic) bond motifs is 1. The van der Waals surface area contributed by atoms with Crippen molar-refractivity contribution in [3.8, 4) is 5.75 Å². The van der Waals surface area contributed by atoms with Gasteiger partial charge in [-0.3, -0.25) is 14.3 Å². The van der Waals surface area contributed by atoms with Gasteiger partial charge in [0.25, 0.3) is 11.8 Å². The normalized spacial score (nSPS) is 14.6. The lowest BCUT2D eigenvalue weighted by molar-refractivity contribution is -0.137. The summed E-state index contributed by atoms with van der Waals surface area (Å²) >= 11 is 6.28. The Labute approximate surface area is 227 Å². The summed E-state index contributed by atoms with van der Waals surface area (Å²) in [6.45, 7) is -0.0811. The van der Waals surface area contributed by atoms with E-state index >= 15 is 0 Å². The average Bonchev–Trinajstić information content (AvgIpc) is 3.45. The van der Waals surface area contributed by atoms with Crippen LogP contribution in [0.4, 0.5) is 27.6 Å². The number of nitrogens with zero attached hydrogens (tertiary/aromatic N) is 3. The second kappa shape index (κ2) is 10.2. The number of rotatable bonds is 6. The molecule has 8 nitrogen and oxygen atoms in total. The van der Waals surface area contributed by atoms with E-state index in [2.05, 4.69) is 20.7 Å². The van der Waals surface area contributed by atoms with Crippen LogP contribution in [-0.4, -0.2) is 26.6 Å². The van der Waals surface area contributed by atoms with E-state index in [9.17, 15) is 31.5 Å². The molecule has 5 rings (SSSR count). The lowest BCUT2D eigenvalue weighted by Gasteiger charge is -2.19. The van der Waals surface area contributed by atoms with Crippen LogP contribution in [0.3, 0.4) is 0 Å². The summed E-state index contributed by atoms with van der Waals surface area (Å²) in [7, 11) is 1.63. The van der Waals surface area contributed by atoms with Crippen molar-refractivity contribution in [2.45, 2.75) is 18.8 Å². The fourth-order valence-corrected chi connectivity index (χ4v) is 4.47. The van der Waals surface area contributed by atoms with E-state index in [4.69, 9.17) is 16.3 Å². The lowest BCUT2D eigenvalue weighted by Crippen LogP contribution is -2.21. The van der Waals surface area contributed by atoms with Crippen LogP contribution in [0, 0.1) is 11.6 Å². The molecule has 2 amide bonds. The highest BCUT2D eigenvalue weighted by Gasteiger charge is 2.36. The van der Waals surface area contributed by atoms with Crippen molar-refractivity contribution in [2.24, 2.45) is 7.05 Å².